The molecule has 2 nitrogen and oxygen atoms in total. The molecule has 4 aliphatic carbocycles. The molecule has 0 N–H and O–H groups in total. The first-order valence-electron chi connectivity index (χ1n) is 14.1. The van der Waals surface area contributed by atoms with E-state index < -0.39 is 0 Å². The monoisotopic (exact) mass is 520 g/mol. The van der Waals surface area contributed by atoms with E-state index in [9.17, 15) is 4.79 Å². The van der Waals surface area contributed by atoms with Crippen LogP contribution in [0.3, 0.4) is 0 Å². The van der Waals surface area contributed by atoms with Gasteiger partial charge in [-0.05, 0) is 98.2 Å². The van der Waals surface area contributed by atoms with Gasteiger partial charge in [-0.25, -0.2) is 0 Å². The summed E-state index contributed by atoms with van der Waals surface area (Å²) in [6.45, 7) is 14.4. The SMILES string of the molecule is CC(C)CCC[C@@H](C)[C@H]1CCC2C3CC=C4C[C@@H](OC(=O)C(C)Br)CC[C@]4(C)C3CC[C@@]21C. The number of ether oxygens (including phenoxy) is 1. The molecular formula is C30H49BrO2. The van der Waals surface area contributed by atoms with Crippen molar-refractivity contribution >= 4 is 21.9 Å². The molecule has 4 rings (SSSR count). The number of fused-ring (bicyclic) bond motifs is 5. The van der Waals surface area contributed by atoms with Crippen molar-refractivity contribution in [3.8, 4) is 0 Å². The van der Waals surface area contributed by atoms with Gasteiger partial charge in [0.2, 0.25) is 0 Å². The molecule has 9 atom stereocenters. The van der Waals surface area contributed by atoms with Crippen LogP contribution in [0.5, 0.6) is 0 Å². The van der Waals surface area contributed by atoms with Gasteiger partial charge in [-0.3, -0.25) is 4.79 Å². The van der Waals surface area contributed by atoms with E-state index in [2.05, 4.69) is 56.6 Å². The van der Waals surface area contributed by atoms with Crippen LogP contribution in [0.25, 0.3) is 0 Å². The zero-order chi connectivity index (χ0) is 24.0. The Kier molecular flexibility index (Phi) is 7.79. The molecule has 0 aromatic rings. The Morgan fingerprint density at radius 1 is 1.06 bits per heavy atom. The smallest absolute Gasteiger partial charge is 0.319 e. The Labute approximate surface area is 212 Å². The molecule has 0 saturated heterocycles. The van der Waals surface area contributed by atoms with E-state index in [-0.39, 0.29) is 16.9 Å². The summed E-state index contributed by atoms with van der Waals surface area (Å²) in [5, 5.41) is 0. The number of hydrogen-bond donors (Lipinski definition) is 0. The molecule has 33 heavy (non-hydrogen) atoms. The van der Waals surface area contributed by atoms with Crippen LogP contribution in [0.4, 0.5) is 0 Å². The van der Waals surface area contributed by atoms with Crippen molar-refractivity contribution in [2.75, 3.05) is 0 Å². The number of allylic oxidation sites excluding steroid dienone is 1. The maximum atomic E-state index is 12.1. The molecule has 4 aliphatic rings. The fourth-order valence-electron chi connectivity index (χ4n) is 9.01. The zero-order valence-corrected chi connectivity index (χ0v) is 23.8. The minimum atomic E-state index is -0.213. The van der Waals surface area contributed by atoms with Gasteiger partial charge in [0.15, 0.2) is 0 Å². The molecule has 0 spiro atoms. The normalized spacial score (nSPS) is 42.1. The van der Waals surface area contributed by atoms with Crippen molar-refractivity contribution < 1.29 is 9.53 Å². The van der Waals surface area contributed by atoms with Gasteiger partial charge in [0.1, 0.15) is 10.9 Å². The summed E-state index contributed by atoms with van der Waals surface area (Å²) >= 11 is 3.37. The molecule has 3 saturated carbocycles. The second-order valence-electron chi connectivity index (χ2n) is 13.2. The van der Waals surface area contributed by atoms with E-state index in [0.29, 0.717) is 10.8 Å². The largest absolute Gasteiger partial charge is 0.461 e. The van der Waals surface area contributed by atoms with Gasteiger partial charge in [0, 0.05) is 6.42 Å². The highest BCUT2D eigenvalue weighted by Gasteiger charge is 2.59. The highest BCUT2D eigenvalue weighted by molar-refractivity contribution is 9.10. The van der Waals surface area contributed by atoms with Gasteiger partial charge in [-0.15, -0.1) is 0 Å². The molecule has 0 heterocycles. The number of esters is 1. The van der Waals surface area contributed by atoms with Crippen molar-refractivity contribution in [2.24, 2.45) is 46.3 Å². The van der Waals surface area contributed by atoms with Crippen molar-refractivity contribution in [1.82, 2.24) is 0 Å². The third-order valence-electron chi connectivity index (χ3n) is 10.9. The van der Waals surface area contributed by atoms with E-state index in [1.807, 2.05) is 6.92 Å². The predicted molar refractivity (Wildman–Crippen MR) is 141 cm³/mol. The molecule has 0 aromatic heterocycles. The summed E-state index contributed by atoms with van der Waals surface area (Å²) in [4.78, 5) is 11.9. The topological polar surface area (TPSA) is 26.3 Å². The molecule has 0 radical (unpaired) electrons. The Hall–Kier alpha value is -0.310. The Morgan fingerprint density at radius 3 is 2.52 bits per heavy atom. The highest BCUT2D eigenvalue weighted by Crippen LogP contribution is 2.67. The molecule has 188 valence electrons. The van der Waals surface area contributed by atoms with Gasteiger partial charge in [-0.1, -0.05) is 81.5 Å². The summed E-state index contributed by atoms with van der Waals surface area (Å²) in [6.07, 6.45) is 17.1. The van der Waals surface area contributed by atoms with Crippen LogP contribution >= 0.6 is 15.9 Å². The van der Waals surface area contributed by atoms with E-state index in [4.69, 9.17) is 4.74 Å². The van der Waals surface area contributed by atoms with Crippen molar-refractivity contribution in [3.05, 3.63) is 11.6 Å². The third-order valence-corrected chi connectivity index (χ3v) is 11.2. The van der Waals surface area contributed by atoms with Gasteiger partial charge >= 0.3 is 5.97 Å². The minimum Gasteiger partial charge on any atom is -0.461 e. The number of alkyl halides is 1. The van der Waals surface area contributed by atoms with Gasteiger partial charge in [-0.2, -0.15) is 0 Å². The fraction of sp³-hybridized carbons (Fsp3) is 0.900. The first kappa shape index (κ1) is 25.8. The maximum absolute atomic E-state index is 12.1. The van der Waals surface area contributed by atoms with Crippen molar-refractivity contribution in [2.45, 2.75) is 123 Å². The highest BCUT2D eigenvalue weighted by atomic mass is 79.9. The van der Waals surface area contributed by atoms with Gasteiger partial charge < -0.3 is 4.74 Å². The van der Waals surface area contributed by atoms with E-state index in [1.165, 1.54) is 57.8 Å². The predicted octanol–water partition coefficient (Wildman–Crippen LogP) is 8.72. The van der Waals surface area contributed by atoms with Crippen LogP contribution in [-0.4, -0.2) is 16.9 Å². The van der Waals surface area contributed by atoms with Crippen LogP contribution in [0.15, 0.2) is 11.6 Å². The van der Waals surface area contributed by atoms with Crippen LogP contribution < -0.4 is 0 Å². The van der Waals surface area contributed by atoms with E-state index in [1.54, 1.807) is 5.57 Å². The molecule has 4 unspecified atom stereocenters. The molecule has 3 heteroatoms. The van der Waals surface area contributed by atoms with Crippen LogP contribution in [0.2, 0.25) is 0 Å². The minimum absolute atomic E-state index is 0.0739. The first-order chi connectivity index (χ1) is 15.6. The third kappa shape index (κ3) is 4.88. The van der Waals surface area contributed by atoms with E-state index >= 15 is 0 Å². The molecule has 0 aliphatic heterocycles. The lowest BCUT2D eigenvalue weighted by molar-refractivity contribution is -0.150. The van der Waals surface area contributed by atoms with Gasteiger partial charge in [0.05, 0.1) is 0 Å². The van der Waals surface area contributed by atoms with Crippen LogP contribution in [-0.2, 0) is 9.53 Å². The average molecular weight is 522 g/mol. The standard InChI is InChI=1S/C30H49BrO2/c1-19(2)8-7-9-20(3)25-12-13-26-24-11-10-22-18-23(33-28(32)21(4)31)14-16-29(22,5)27(24)15-17-30(25,26)6/h10,19-21,23-27H,7-9,11-18H2,1-6H3/t20-,21?,23+,24?,25-,26?,27?,29+,30-/m1/s1. The lowest BCUT2D eigenvalue weighted by atomic mass is 9.47. The molecule has 0 aromatic carbocycles. The summed E-state index contributed by atoms with van der Waals surface area (Å²) in [5.41, 5.74) is 2.49. The molecule has 3 fully saturated rings. The summed E-state index contributed by atoms with van der Waals surface area (Å²) < 4.78 is 5.83. The second-order valence-corrected chi connectivity index (χ2v) is 14.6. The maximum Gasteiger partial charge on any atom is 0.319 e. The zero-order valence-electron chi connectivity index (χ0n) is 22.2. The Morgan fingerprint density at radius 2 is 1.82 bits per heavy atom. The van der Waals surface area contributed by atoms with Crippen LogP contribution in [0.1, 0.15) is 112 Å². The Bertz CT molecular complexity index is 742. The fourth-order valence-corrected chi connectivity index (χ4v) is 9.12. The van der Waals surface area contributed by atoms with E-state index in [0.717, 1.165) is 48.3 Å². The Balaban J connectivity index is 1.45. The molecular weight excluding hydrogens is 472 g/mol. The van der Waals surface area contributed by atoms with Crippen molar-refractivity contribution in [3.63, 3.8) is 0 Å². The van der Waals surface area contributed by atoms with Gasteiger partial charge in [0.25, 0.3) is 0 Å². The number of rotatable bonds is 7. The number of carbonyl (C=O) groups excluding carboxylic acids is 1. The molecule has 0 amide bonds. The first-order valence-corrected chi connectivity index (χ1v) is 15.0. The summed E-state index contributed by atoms with van der Waals surface area (Å²) in [5.74, 6) is 5.14. The lowest BCUT2D eigenvalue weighted by Gasteiger charge is -2.58. The molecule has 0 bridgehead atoms. The summed E-state index contributed by atoms with van der Waals surface area (Å²) in [7, 11) is 0. The average Bonchev–Trinajstić information content (AvgIpc) is 3.11. The quantitative estimate of drug-likeness (QED) is 0.190. The van der Waals surface area contributed by atoms with Crippen molar-refractivity contribution in [1.29, 1.82) is 0 Å². The van der Waals surface area contributed by atoms with Crippen LogP contribution in [0, 0.1) is 46.3 Å². The second kappa shape index (κ2) is 9.98. The summed E-state index contributed by atoms with van der Waals surface area (Å²) in [6, 6.07) is 0. The number of carbonyl (C=O) groups is 1. The number of halogens is 1. The lowest BCUT2D eigenvalue weighted by Crippen LogP contribution is -2.51. The number of hydrogen-bond acceptors (Lipinski definition) is 2.